The second kappa shape index (κ2) is 23.4. The third-order valence-electron chi connectivity index (χ3n) is 5.15. The summed E-state index contributed by atoms with van der Waals surface area (Å²) >= 11 is 0. The number of hydrogen-bond acceptors (Lipinski definition) is 13. The van der Waals surface area contributed by atoms with Gasteiger partial charge in [0.1, 0.15) is 26.4 Å². The summed E-state index contributed by atoms with van der Waals surface area (Å²) in [5, 5.41) is 2.44. The minimum atomic E-state index is -0.719. The minimum absolute atomic E-state index is 0.0205. The van der Waals surface area contributed by atoms with Gasteiger partial charge in [-0.2, -0.15) is 0 Å². The average Bonchev–Trinajstić information content (AvgIpc) is 2.94. The maximum Gasteiger partial charge on any atom is 0.407 e. The van der Waals surface area contributed by atoms with Gasteiger partial charge in [0.05, 0.1) is 19.8 Å². The van der Waals surface area contributed by atoms with Crippen LogP contribution in [-0.4, -0.2) is 107 Å². The van der Waals surface area contributed by atoms with Crippen molar-refractivity contribution in [3.63, 3.8) is 0 Å². The summed E-state index contributed by atoms with van der Waals surface area (Å²) in [6, 6.07) is 0. The topological polar surface area (TPSA) is 173 Å². The lowest BCUT2D eigenvalue weighted by Gasteiger charge is -2.22. The van der Waals surface area contributed by atoms with Crippen molar-refractivity contribution in [2.45, 2.75) is 46.5 Å². The summed E-state index contributed by atoms with van der Waals surface area (Å²) in [4.78, 5) is 71.7. The van der Waals surface area contributed by atoms with Crippen LogP contribution >= 0.6 is 0 Å². The van der Waals surface area contributed by atoms with Crippen LogP contribution in [0.4, 0.5) is 4.79 Å². The molecule has 0 unspecified atom stereocenters. The van der Waals surface area contributed by atoms with E-state index >= 15 is 0 Å². The molecule has 0 saturated carbocycles. The molecule has 0 aromatic heterocycles. The Morgan fingerprint density at radius 2 is 0.907 bits per heavy atom. The molecule has 0 heterocycles. The molecule has 14 heteroatoms. The van der Waals surface area contributed by atoms with Gasteiger partial charge in [-0.15, -0.1) is 0 Å². The number of nitrogens with one attached hydrogen (secondary N) is 1. The number of ether oxygens (including phenoxy) is 6. The van der Waals surface area contributed by atoms with Gasteiger partial charge in [-0.05, 0) is 33.6 Å². The van der Waals surface area contributed by atoms with Crippen LogP contribution in [0.25, 0.3) is 0 Å². The van der Waals surface area contributed by atoms with E-state index in [1.165, 1.54) is 20.8 Å². The molecule has 0 rings (SSSR count). The molecule has 0 aromatic rings. The molecule has 0 radical (unpaired) electrons. The largest absolute Gasteiger partial charge is 0.464 e. The highest BCUT2D eigenvalue weighted by Gasteiger charge is 2.12. The first-order valence-corrected chi connectivity index (χ1v) is 13.8. The highest BCUT2D eigenvalue weighted by atomic mass is 16.6. The van der Waals surface area contributed by atoms with Gasteiger partial charge >= 0.3 is 35.9 Å². The maximum absolute atomic E-state index is 12.0. The van der Waals surface area contributed by atoms with Crippen LogP contribution in [0.1, 0.15) is 46.5 Å². The molecule has 0 spiro atoms. The van der Waals surface area contributed by atoms with Crippen LogP contribution < -0.4 is 5.32 Å². The Kier molecular flexibility index (Phi) is 21.1. The lowest BCUT2D eigenvalue weighted by molar-refractivity contribution is -0.147. The van der Waals surface area contributed by atoms with E-state index in [4.69, 9.17) is 28.4 Å². The molecule has 0 aromatic carbocycles. The lowest BCUT2D eigenvalue weighted by atomic mass is 10.3. The molecule has 242 valence electrons. The van der Waals surface area contributed by atoms with E-state index in [0.29, 0.717) is 12.8 Å². The summed E-state index contributed by atoms with van der Waals surface area (Å²) in [5.74, 6) is -2.58. The van der Waals surface area contributed by atoms with Gasteiger partial charge in [-0.3, -0.25) is 14.5 Å². The molecule has 0 fully saturated rings. The molecule has 0 saturated heterocycles. The van der Waals surface area contributed by atoms with E-state index in [9.17, 15) is 28.8 Å². The first-order chi connectivity index (χ1) is 20.3. The van der Waals surface area contributed by atoms with Gasteiger partial charge in [0, 0.05) is 49.2 Å². The van der Waals surface area contributed by atoms with E-state index < -0.39 is 35.9 Å². The second-order valence-electron chi connectivity index (χ2n) is 9.30. The van der Waals surface area contributed by atoms with Crippen LogP contribution in [0.15, 0.2) is 36.5 Å². The molecule has 0 aliphatic rings. The van der Waals surface area contributed by atoms with Gasteiger partial charge < -0.3 is 33.7 Å². The van der Waals surface area contributed by atoms with Crippen LogP contribution in [-0.2, 0) is 52.4 Å². The zero-order chi connectivity index (χ0) is 32.6. The van der Waals surface area contributed by atoms with Crippen molar-refractivity contribution in [1.82, 2.24) is 10.2 Å². The average molecular weight is 613 g/mol. The molecule has 0 aliphatic heterocycles. The Bertz CT molecular complexity index is 868. The summed E-state index contributed by atoms with van der Waals surface area (Å²) in [6.07, 6.45) is -0.0381. The zero-order valence-corrected chi connectivity index (χ0v) is 25.4. The number of rotatable bonds is 23. The van der Waals surface area contributed by atoms with Crippen molar-refractivity contribution in [1.29, 1.82) is 0 Å². The molecule has 0 aliphatic carbocycles. The van der Waals surface area contributed by atoms with E-state index in [-0.39, 0.29) is 95.4 Å². The monoisotopic (exact) mass is 612 g/mol. The quantitative estimate of drug-likeness (QED) is 0.0769. The Morgan fingerprint density at radius 3 is 1.30 bits per heavy atom. The van der Waals surface area contributed by atoms with Crippen LogP contribution in [0.3, 0.4) is 0 Å². The van der Waals surface area contributed by atoms with Crippen molar-refractivity contribution in [2.24, 2.45) is 0 Å². The zero-order valence-electron chi connectivity index (χ0n) is 25.4. The molecule has 0 bridgehead atoms. The molecular weight excluding hydrogens is 568 g/mol. The number of carbonyl (C=O) groups is 6. The molecular formula is C29H44N2O12. The lowest BCUT2D eigenvalue weighted by Crippen LogP contribution is -2.36. The first-order valence-electron chi connectivity index (χ1n) is 13.8. The fourth-order valence-corrected chi connectivity index (χ4v) is 2.80. The number of hydrogen-bond donors (Lipinski definition) is 1. The molecule has 1 N–H and O–H groups in total. The van der Waals surface area contributed by atoms with Gasteiger partial charge in [-0.25, -0.2) is 19.2 Å². The fraction of sp³-hybridized carbons (Fsp3) is 0.586. The van der Waals surface area contributed by atoms with Crippen molar-refractivity contribution >= 4 is 35.9 Å². The van der Waals surface area contributed by atoms with E-state index in [0.717, 1.165) is 0 Å². The number of nitrogens with zero attached hydrogens (tertiary/aromatic N) is 1. The van der Waals surface area contributed by atoms with Gasteiger partial charge in [0.2, 0.25) is 0 Å². The second-order valence-corrected chi connectivity index (χ2v) is 9.30. The SMILES string of the molecule is C=C(C)C(=O)OCCCC(=O)OCCN(CCOC(=O)CCCOC(=O)C(=C)C)CCOC(=O)NCCOC(=O)C(=C)C. The van der Waals surface area contributed by atoms with Crippen molar-refractivity contribution in [3.8, 4) is 0 Å². The van der Waals surface area contributed by atoms with Crippen molar-refractivity contribution < 1.29 is 57.2 Å². The van der Waals surface area contributed by atoms with Crippen molar-refractivity contribution in [2.75, 3.05) is 65.8 Å². The Morgan fingerprint density at radius 1 is 0.535 bits per heavy atom. The normalized spacial score (nSPS) is 10.2. The fourth-order valence-electron chi connectivity index (χ4n) is 2.80. The molecule has 1 amide bonds. The number of alkyl carbamates (subject to hydrolysis) is 1. The third kappa shape index (κ3) is 22.1. The summed E-state index contributed by atoms with van der Waals surface area (Å²) in [7, 11) is 0. The van der Waals surface area contributed by atoms with E-state index in [1.54, 1.807) is 4.90 Å². The number of amides is 1. The predicted octanol–water partition coefficient (Wildman–Crippen LogP) is 2.02. The first kappa shape index (κ1) is 38.8. The van der Waals surface area contributed by atoms with Crippen LogP contribution in [0, 0.1) is 0 Å². The summed E-state index contributed by atoms with van der Waals surface area (Å²) in [6.45, 7) is 15.9. The highest BCUT2D eigenvalue weighted by Crippen LogP contribution is 2.01. The van der Waals surface area contributed by atoms with Crippen LogP contribution in [0.2, 0.25) is 0 Å². The van der Waals surface area contributed by atoms with Crippen LogP contribution in [0.5, 0.6) is 0 Å². The van der Waals surface area contributed by atoms with Gasteiger partial charge in [0.15, 0.2) is 0 Å². The Balaban J connectivity index is 4.53. The molecule has 0 atom stereocenters. The smallest absolute Gasteiger partial charge is 0.407 e. The minimum Gasteiger partial charge on any atom is -0.464 e. The summed E-state index contributed by atoms with van der Waals surface area (Å²) < 4.78 is 30.3. The van der Waals surface area contributed by atoms with E-state index in [1.807, 2.05) is 0 Å². The van der Waals surface area contributed by atoms with E-state index in [2.05, 4.69) is 25.1 Å². The summed E-state index contributed by atoms with van der Waals surface area (Å²) in [5.41, 5.74) is 0.776. The maximum atomic E-state index is 12.0. The molecule has 43 heavy (non-hydrogen) atoms. The third-order valence-corrected chi connectivity index (χ3v) is 5.15. The van der Waals surface area contributed by atoms with Gasteiger partial charge in [0.25, 0.3) is 0 Å². The molecule has 14 nitrogen and oxygen atoms in total. The van der Waals surface area contributed by atoms with Crippen molar-refractivity contribution in [3.05, 3.63) is 36.5 Å². The number of carbonyl (C=O) groups excluding carboxylic acids is 6. The van der Waals surface area contributed by atoms with Gasteiger partial charge in [-0.1, -0.05) is 19.7 Å². The Hall–Kier alpha value is -4.20. The standard InChI is InChI=1S/C29H44N2O12/c1-21(2)26(34)40-15-7-9-24(32)38-18-12-31(13-19-39-25(33)10-8-16-41-27(35)22(3)4)14-20-43-29(37)30-11-17-42-28(36)23(5)6/h1,3,5,7-20H2,2,4,6H3,(H,30,37). The predicted molar refractivity (Wildman–Crippen MR) is 153 cm³/mol. The Labute approximate surface area is 252 Å². The highest BCUT2D eigenvalue weighted by molar-refractivity contribution is 5.87. The number of esters is 5.